The first-order valence-corrected chi connectivity index (χ1v) is 9.83. The van der Waals surface area contributed by atoms with Crippen molar-refractivity contribution in [3.63, 3.8) is 0 Å². The molecule has 2 atom stereocenters. The monoisotopic (exact) mass is 382 g/mol. The highest BCUT2D eigenvalue weighted by molar-refractivity contribution is 5.94. The minimum atomic E-state index is -0.372. The number of fused-ring (bicyclic) bond motifs is 1. The lowest BCUT2D eigenvalue weighted by Crippen LogP contribution is -2.86. The van der Waals surface area contributed by atoms with Gasteiger partial charge in [-0.05, 0) is 31.0 Å². The van der Waals surface area contributed by atoms with Gasteiger partial charge in [-0.25, -0.2) is 9.59 Å². The molecule has 3 rings (SSSR count). The largest absolute Gasteiger partial charge is 0.463 e. The van der Waals surface area contributed by atoms with Crippen molar-refractivity contribution >= 4 is 22.8 Å². The van der Waals surface area contributed by atoms with Crippen molar-refractivity contribution in [2.75, 3.05) is 13.2 Å². The van der Waals surface area contributed by atoms with Gasteiger partial charge in [0.25, 0.3) is 0 Å². The zero-order chi connectivity index (χ0) is 20.1. The van der Waals surface area contributed by atoms with Crippen molar-refractivity contribution in [2.45, 2.75) is 39.3 Å². The summed E-state index contributed by atoms with van der Waals surface area (Å²) in [5.41, 5.74) is 2.37. The lowest BCUT2D eigenvalue weighted by Gasteiger charge is -2.28. The van der Waals surface area contributed by atoms with Gasteiger partial charge in [-0.1, -0.05) is 49.4 Å². The topological polar surface area (TPSA) is 84.0 Å². The predicted molar refractivity (Wildman–Crippen MR) is 109 cm³/mol. The molecule has 6 heteroatoms. The van der Waals surface area contributed by atoms with Crippen LogP contribution in [0.5, 0.6) is 0 Å². The predicted octanol–water partition coefficient (Wildman–Crippen LogP) is 2.37. The van der Waals surface area contributed by atoms with Gasteiger partial charge in [-0.15, -0.1) is 0 Å². The summed E-state index contributed by atoms with van der Waals surface area (Å²) in [7, 11) is 0. The van der Waals surface area contributed by atoms with E-state index in [1.807, 2.05) is 19.1 Å². The molecule has 0 saturated carbocycles. The van der Waals surface area contributed by atoms with Gasteiger partial charge in [0.05, 0.1) is 23.9 Å². The van der Waals surface area contributed by atoms with Gasteiger partial charge in [-0.3, -0.25) is 0 Å². The summed E-state index contributed by atoms with van der Waals surface area (Å²) in [5, 5.41) is 10.2. The van der Waals surface area contributed by atoms with Crippen molar-refractivity contribution in [1.29, 1.82) is 0 Å². The molecule has 6 nitrogen and oxygen atoms in total. The summed E-state index contributed by atoms with van der Waals surface area (Å²) >= 11 is 0. The molecule has 0 aromatic heterocycles. The van der Waals surface area contributed by atoms with Gasteiger partial charge in [0.15, 0.2) is 0 Å². The molecule has 1 aliphatic rings. The molecule has 1 heterocycles. The van der Waals surface area contributed by atoms with Crippen LogP contribution in [0.3, 0.4) is 0 Å². The number of urea groups is 1. The van der Waals surface area contributed by atoms with Crippen LogP contribution in [0.25, 0.3) is 10.8 Å². The Morgan fingerprint density at radius 2 is 1.93 bits per heavy atom. The third kappa shape index (κ3) is 4.17. The fourth-order valence-electron chi connectivity index (χ4n) is 3.69. The quantitative estimate of drug-likeness (QED) is 0.643. The zero-order valence-electron chi connectivity index (χ0n) is 16.6. The first kappa shape index (κ1) is 19.9. The summed E-state index contributed by atoms with van der Waals surface area (Å²) in [6, 6.07) is 14.1. The second-order valence-corrected chi connectivity index (χ2v) is 6.97. The SMILES string of the molecule is CCOC(=O)C1=C(C[NH2+][C@@H](C)c2cccc3ccccc23)NC(=O)N[C@@H]1CC. The number of hydrogen-bond acceptors (Lipinski definition) is 3. The van der Waals surface area contributed by atoms with Gasteiger partial charge in [-0.2, -0.15) is 0 Å². The molecule has 0 spiro atoms. The van der Waals surface area contributed by atoms with E-state index >= 15 is 0 Å². The first-order valence-electron chi connectivity index (χ1n) is 9.83. The van der Waals surface area contributed by atoms with E-state index in [2.05, 4.69) is 53.2 Å². The highest BCUT2D eigenvalue weighted by atomic mass is 16.5. The van der Waals surface area contributed by atoms with E-state index in [4.69, 9.17) is 4.74 Å². The number of hydrogen-bond donors (Lipinski definition) is 3. The normalized spacial score (nSPS) is 17.8. The van der Waals surface area contributed by atoms with Crippen molar-refractivity contribution in [3.8, 4) is 0 Å². The molecule has 2 aromatic carbocycles. The number of carbonyl (C=O) groups is 2. The van der Waals surface area contributed by atoms with E-state index in [0.717, 1.165) is 0 Å². The number of amides is 2. The van der Waals surface area contributed by atoms with Crippen LogP contribution in [0, 0.1) is 0 Å². The molecule has 2 amide bonds. The third-order valence-corrected chi connectivity index (χ3v) is 5.14. The van der Waals surface area contributed by atoms with Crippen LogP contribution in [0.4, 0.5) is 4.79 Å². The number of ether oxygens (including phenoxy) is 1. The summed E-state index contributed by atoms with van der Waals surface area (Å²) < 4.78 is 5.23. The Labute approximate surface area is 165 Å². The van der Waals surface area contributed by atoms with Crippen LogP contribution in [-0.2, 0) is 9.53 Å². The summed E-state index contributed by atoms with van der Waals surface area (Å²) in [4.78, 5) is 24.5. The molecule has 28 heavy (non-hydrogen) atoms. The number of nitrogens with two attached hydrogens (primary N) is 1. The zero-order valence-corrected chi connectivity index (χ0v) is 16.6. The number of quaternary nitrogens is 1. The van der Waals surface area contributed by atoms with Gasteiger partial charge >= 0.3 is 12.0 Å². The number of benzene rings is 2. The molecular weight excluding hydrogens is 354 g/mol. The Balaban J connectivity index is 1.85. The fraction of sp³-hybridized carbons (Fsp3) is 0.364. The van der Waals surface area contributed by atoms with E-state index in [1.54, 1.807) is 6.92 Å². The summed E-state index contributed by atoms with van der Waals surface area (Å²) in [5.74, 6) is -0.372. The number of esters is 1. The minimum absolute atomic E-state index is 0.161. The van der Waals surface area contributed by atoms with Crippen LogP contribution in [-0.4, -0.2) is 31.2 Å². The van der Waals surface area contributed by atoms with E-state index in [-0.39, 0.29) is 24.1 Å². The maximum absolute atomic E-state index is 12.5. The van der Waals surface area contributed by atoms with Gasteiger partial charge in [0.2, 0.25) is 0 Å². The van der Waals surface area contributed by atoms with Crippen molar-refractivity contribution in [3.05, 3.63) is 59.3 Å². The van der Waals surface area contributed by atoms with Crippen LogP contribution in [0.2, 0.25) is 0 Å². The van der Waals surface area contributed by atoms with E-state index < -0.39 is 0 Å². The number of carbonyl (C=O) groups excluding carboxylic acids is 2. The molecule has 0 aliphatic carbocycles. The maximum Gasteiger partial charge on any atom is 0.338 e. The molecular formula is C22H28N3O3+. The lowest BCUT2D eigenvalue weighted by atomic mass is 9.98. The second-order valence-electron chi connectivity index (χ2n) is 6.97. The van der Waals surface area contributed by atoms with E-state index in [0.29, 0.717) is 30.8 Å². The van der Waals surface area contributed by atoms with E-state index in [1.165, 1.54) is 16.3 Å². The second kappa shape index (κ2) is 8.89. The summed E-state index contributed by atoms with van der Waals surface area (Å²) in [6.07, 6.45) is 0.629. The van der Waals surface area contributed by atoms with E-state index in [9.17, 15) is 9.59 Å². The van der Waals surface area contributed by atoms with Crippen LogP contribution in [0.15, 0.2) is 53.7 Å². The molecule has 0 bridgehead atoms. The average molecular weight is 382 g/mol. The molecule has 4 N–H and O–H groups in total. The minimum Gasteiger partial charge on any atom is -0.463 e. The molecule has 148 valence electrons. The Bertz CT molecular complexity index is 902. The average Bonchev–Trinajstić information content (AvgIpc) is 2.71. The Morgan fingerprint density at radius 3 is 2.68 bits per heavy atom. The summed E-state index contributed by atoms with van der Waals surface area (Å²) in [6.45, 7) is 6.64. The van der Waals surface area contributed by atoms with Gasteiger partial charge in [0, 0.05) is 5.56 Å². The van der Waals surface area contributed by atoms with Crippen LogP contribution >= 0.6 is 0 Å². The lowest BCUT2D eigenvalue weighted by molar-refractivity contribution is -0.686. The van der Waals surface area contributed by atoms with Gasteiger partial charge < -0.3 is 20.7 Å². The standard InChI is InChI=1S/C22H27N3O3/c1-4-18-20(21(26)28-5-2)19(25-22(27)24-18)13-23-14(3)16-12-8-10-15-9-6-7-11-17(15)16/h6-12,14,18,23H,4-5,13H2,1-3H3,(H2,24,25,27)/p+1/t14-,18+/m0/s1. The van der Waals surface area contributed by atoms with Crippen LogP contribution < -0.4 is 16.0 Å². The first-order chi connectivity index (χ1) is 13.5. The van der Waals surface area contributed by atoms with Crippen molar-refractivity contribution in [1.82, 2.24) is 10.6 Å². The molecule has 0 saturated heterocycles. The third-order valence-electron chi connectivity index (χ3n) is 5.14. The Hall–Kier alpha value is -2.86. The number of nitrogens with one attached hydrogen (secondary N) is 2. The maximum atomic E-state index is 12.5. The Morgan fingerprint density at radius 1 is 1.18 bits per heavy atom. The number of rotatable bonds is 7. The molecule has 0 fully saturated rings. The van der Waals surface area contributed by atoms with Crippen molar-refractivity contribution in [2.24, 2.45) is 0 Å². The molecule has 0 unspecified atom stereocenters. The fourth-order valence-corrected chi connectivity index (χ4v) is 3.69. The highest BCUT2D eigenvalue weighted by Crippen LogP contribution is 2.22. The Kier molecular flexibility index (Phi) is 6.31. The molecule has 1 aliphatic heterocycles. The molecule has 2 aromatic rings. The highest BCUT2D eigenvalue weighted by Gasteiger charge is 2.32. The van der Waals surface area contributed by atoms with Crippen molar-refractivity contribution < 1.29 is 19.6 Å². The van der Waals surface area contributed by atoms with Crippen LogP contribution in [0.1, 0.15) is 38.8 Å². The smallest absolute Gasteiger partial charge is 0.338 e. The molecule has 0 radical (unpaired) electrons. The van der Waals surface area contributed by atoms with Gasteiger partial charge in [0.1, 0.15) is 12.6 Å².